The van der Waals surface area contributed by atoms with Crippen LogP contribution in [0.4, 0.5) is 5.95 Å². The summed E-state index contributed by atoms with van der Waals surface area (Å²) in [7, 11) is 0. The van der Waals surface area contributed by atoms with Gasteiger partial charge < -0.3 is 9.80 Å². The van der Waals surface area contributed by atoms with Gasteiger partial charge in [0, 0.05) is 47.6 Å². The molecule has 180 valence electrons. The van der Waals surface area contributed by atoms with Crippen LogP contribution in [-0.4, -0.2) is 56.1 Å². The molecule has 1 saturated carbocycles. The smallest absolute Gasteiger partial charge is 0.254 e. The van der Waals surface area contributed by atoms with Gasteiger partial charge in [-0.3, -0.25) is 4.79 Å². The first-order valence-corrected chi connectivity index (χ1v) is 12.9. The van der Waals surface area contributed by atoms with Crippen LogP contribution in [0.2, 0.25) is 5.02 Å². The van der Waals surface area contributed by atoms with Crippen LogP contribution in [0.25, 0.3) is 16.6 Å². The zero-order chi connectivity index (χ0) is 23.9. The molecule has 2 aliphatic rings. The molecule has 1 atom stereocenters. The molecule has 0 N–H and O–H groups in total. The van der Waals surface area contributed by atoms with E-state index in [4.69, 9.17) is 21.7 Å². The molecule has 1 amide bonds. The first kappa shape index (κ1) is 22.3. The molecule has 0 radical (unpaired) electrons. The van der Waals surface area contributed by atoms with E-state index in [-0.39, 0.29) is 11.9 Å². The molecular weight excluding hydrogens is 460 g/mol. The highest BCUT2D eigenvalue weighted by Crippen LogP contribution is 2.35. The van der Waals surface area contributed by atoms with Gasteiger partial charge in [0.25, 0.3) is 5.91 Å². The Hall–Kier alpha value is -3.19. The second kappa shape index (κ2) is 9.11. The fourth-order valence-corrected chi connectivity index (χ4v) is 5.80. The first-order valence-electron chi connectivity index (χ1n) is 12.6. The Kier molecular flexibility index (Phi) is 5.80. The molecule has 8 heteroatoms. The summed E-state index contributed by atoms with van der Waals surface area (Å²) in [5.41, 5.74) is 2.38. The third kappa shape index (κ3) is 4.01. The molecule has 1 saturated heterocycles. The standard InChI is InChI=1S/C27H29ClN6O/c1-18-17-32(14-15-33(18)26(35)20-10-6-3-7-11-20)27-29-23-16-21(28)12-13-22(23)25-31-30-24(34(25)27)19-8-4-2-5-9-19/h3,6-7,10-13,16,18-19H,2,4-5,8-9,14-15,17H2,1H3/t18-/m1/s1. The van der Waals surface area contributed by atoms with Gasteiger partial charge in [-0.25, -0.2) is 9.38 Å². The summed E-state index contributed by atoms with van der Waals surface area (Å²) < 4.78 is 2.17. The Balaban J connectivity index is 1.40. The first-order chi connectivity index (χ1) is 17.1. The topological polar surface area (TPSA) is 66.6 Å². The van der Waals surface area contributed by atoms with Gasteiger partial charge >= 0.3 is 0 Å². The van der Waals surface area contributed by atoms with E-state index in [9.17, 15) is 4.79 Å². The second-order valence-electron chi connectivity index (χ2n) is 9.79. The fourth-order valence-electron chi connectivity index (χ4n) is 5.64. The molecule has 0 bridgehead atoms. The van der Waals surface area contributed by atoms with E-state index in [1.165, 1.54) is 19.3 Å². The number of aromatic nitrogens is 4. The van der Waals surface area contributed by atoms with Crippen molar-refractivity contribution >= 4 is 40.0 Å². The molecule has 3 heterocycles. The summed E-state index contributed by atoms with van der Waals surface area (Å²) in [4.78, 5) is 22.5. The zero-order valence-electron chi connectivity index (χ0n) is 19.9. The number of halogens is 1. The maximum Gasteiger partial charge on any atom is 0.254 e. The average Bonchev–Trinajstić information content (AvgIpc) is 3.34. The Labute approximate surface area is 209 Å². The molecule has 1 aliphatic carbocycles. The number of anilines is 1. The predicted octanol–water partition coefficient (Wildman–Crippen LogP) is 5.33. The molecule has 6 rings (SSSR count). The van der Waals surface area contributed by atoms with Crippen LogP contribution in [-0.2, 0) is 0 Å². The van der Waals surface area contributed by atoms with E-state index >= 15 is 0 Å². The van der Waals surface area contributed by atoms with Gasteiger partial charge in [0.2, 0.25) is 5.95 Å². The Bertz CT molecular complexity index is 1380. The van der Waals surface area contributed by atoms with Gasteiger partial charge in [-0.05, 0) is 50.1 Å². The number of benzene rings is 2. The third-order valence-electron chi connectivity index (χ3n) is 7.47. The van der Waals surface area contributed by atoms with Crippen molar-refractivity contribution in [3.05, 3.63) is 64.9 Å². The summed E-state index contributed by atoms with van der Waals surface area (Å²) in [5, 5.41) is 11.0. The quantitative estimate of drug-likeness (QED) is 0.390. The van der Waals surface area contributed by atoms with Crippen molar-refractivity contribution in [1.82, 2.24) is 24.5 Å². The SMILES string of the molecule is C[C@@H]1CN(c2nc3cc(Cl)ccc3c3nnc(C4CCCCC4)n23)CCN1C(=O)c1ccccc1. The van der Waals surface area contributed by atoms with E-state index in [1.807, 2.05) is 53.4 Å². The van der Waals surface area contributed by atoms with Crippen molar-refractivity contribution < 1.29 is 4.79 Å². The Morgan fingerprint density at radius 1 is 1.00 bits per heavy atom. The minimum atomic E-state index is 0.0398. The molecule has 2 aromatic heterocycles. The highest BCUT2D eigenvalue weighted by atomic mass is 35.5. The fraction of sp³-hybridized carbons (Fsp3) is 0.407. The molecule has 0 unspecified atom stereocenters. The number of hydrogen-bond acceptors (Lipinski definition) is 5. The van der Waals surface area contributed by atoms with Crippen LogP contribution in [0, 0.1) is 0 Å². The maximum absolute atomic E-state index is 13.1. The Morgan fingerprint density at radius 2 is 1.80 bits per heavy atom. The number of carbonyl (C=O) groups excluding carboxylic acids is 1. The van der Waals surface area contributed by atoms with Gasteiger partial charge in [0.05, 0.1) is 5.52 Å². The highest BCUT2D eigenvalue weighted by Gasteiger charge is 2.32. The zero-order valence-corrected chi connectivity index (χ0v) is 20.7. The maximum atomic E-state index is 13.1. The highest BCUT2D eigenvalue weighted by molar-refractivity contribution is 6.31. The number of carbonyl (C=O) groups is 1. The van der Waals surface area contributed by atoms with Crippen LogP contribution >= 0.6 is 11.6 Å². The lowest BCUT2D eigenvalue weighted by molar-refractivity contribution is 0.0673. The number of piperazine rings is 1. The molecule has 2 aromatic carbocycles. The van der Waals surface area contributed by atoms with Crippen molar-refractivity contribution in [2.24, 2.45) is 0 Å². The number of fused-ring (bicyclic) bond motifs is 3. The number of hydrogen-bond donors (Lipinski definition) is 0. The number of rotatable bonds is 3. The van der Waals surface area contributed by atoms with Crippen LogP contribution in [0.5, 0.6) is 0 Å². The molecule has 7 nitrogen and oxygen atoms in total. The molecule has 4 aromatic rings. The van der Waals surface area contributed by atoms with E-state index in [0.717, 1.165) is 46.7 Å². The van der Waals surface area contributed by atoms with E-state index in [0.29, 0.717) is 30.6 Å². The van der Waals surface area contributed by atoms with Gasteiger partial charge in [-0.2, -0.15) is 0 Å². The lowest BCUT2D eigenvalue weighted by Crippen LogP contribution is -2.54. The van der Waals surface area contributed by atoms with E-state index in [1.54, 1.807) is 0 Å². The molecule has 35 heavy (non-hydrogen) atoms. The monoisotopic (exact) mass is 488 g/mol. The molecule has 2 fully saturated rings. The van der Waals surface area contributed by atoms with Crippen molar-refractivity contribution in [2.75, 3.05) is 24.5 Å². The minimum Gasteiger partial charge on any atom is -0.338 e. The van der Waals surface area contributed by atoms with Gasteiger partial charge in [0.15, 0.2) is 5.65 Å². The molecular formula is C27H29ClN6O. The van der Waals surface area contributed by atoms with E-state index in [2.05, 4.69) is 21.3 Å². The largest absolute Gasteiger partial charge is 0.338 e. The third-order valence-corrected chi connectivity index (χ3v) is 7.71. The lowest BCUT2D eigenvalue weighted by Gasteiger charge is -2.40. The summed E-state index contributed by atoms with van der Waals surface area (Å²) in [6, 6.07) is 15.3. The summed E-state index contributed by atoms with van der Waals surface area (Å²) in [6.45, 7) is 4.12. The number of nitrogens with zero attached hydrogens (tertiary/aromatic N) is 6. The minimum absolute atomic E-state index is 0.0398. The van der Waals surface area contributed by atoms with Crippen molar-refractivity contribution in [3.63, 3.8) is 0 Å². The summed E-state index contributed by atoms with van der Waals surface area (Å²) >= 11 is 6.33. The Morgan fingerprint density at radius 3 is 2.57 bits per heavy atom. The lowest BCUT2D eigenvalue weighted by atomic mass is 9.89. The summed E-state index contributed by atoms with van der Waals surface area (Å²) in [5.74, 6) is 2.32. The van der Waals surface area contributed by atoms with Crippen molar-refractivity contribution in [2.45, 2.75) is 51.0 Å². The van der Waals surface area contributed by atoms with Crippen LogP contribution in [0.3, 0.4) is 0 Å². The van der Waals surface area contributed by atoms with Crippen LogP contribution in [0.1, 0.15) is 61.1 Å². The van der Waals surface area contributed by atoms with Gasteiger partial charge in [-0.15, -0.1) is 10.2 Å². The number of amides is 1. The molecule has 1 aliphatic heterocycles. The second-order valence-corrected chi connectivity index (χ2v) is 10.2. The summed E-state index contributed by atoms with van der Waals surface area (Å²) in [6.07, 6.45) is 6.00. The average molecular weight is 489 g/mol. The van der Waals surface area contributed by atoms with Crippen LogP contribution in [0.15, 0.2) is 48.5 Å². The normalized spacial score (nSPS) is 19.5. The van der Waals surface area contributed by atoms with Crippen LogP contribution < -0.4 is 4.90 Å². The van der Waals surface area contributed by atoms with Gasteiger partial charge in [0.1, 0.15) is 5.82 Å². The predicted molar refractivity (Wildman–Crippen MR) is 138 cm³/mol. The van der Waals surface area contributed by atoms with Crippen molar-refractivity contribution in [1.29, 1.82) is 0 Å². The van der Waals surface area contributed by atoms with Crippen molar-refractivity contribution in [3.8, 4) is 0 Å². The molecule has 0 spiro atoms. The van der Waals surface area contributed by atoms with Gasteiger partial charge in [-0.1, -0.05) is 49.1 Å². The van der Waals surface area contributed by atoms with E-state index < -0.39 is 0 Å².